The lowest BCUT2D eigenvalue weighted by Crippen LogP contribution is -2.19. The van der Waals surface area contributed by atoms with Crippen LogP contribution in [-0.4, -0.2) is 18.2 Å². The number of fused-ring (bicyclic) bond motifs is 1. The van der Waals surface area contributed by atoms with Crippen LogP contribution in [0.3, 0.4) is 0 Å². The molecule has 3 aromatic rings. The molecular formula is C23H21N3O. The van der Waals surface area contributed by atoms with Crippen LogP contribution in [0.5, 0.6) is 5.75 Å². The van der Waals surface area contributed by atoms with Crippen molar-refractivity contribution in [2.24, 2.45) is 10.1 Å². The molecule has 4 nitrogen and oxygen atoms in total. The Morgan fingerprint density at radius 2 is 1.56 bits per heavy atom. The van der Waals surface area contributed by atoms with E-state index in [4.69, 9.17) is 9.73 Å². The zero-order chi connectivity index (χ0) is 18.6. The number of hydrazone groups is 1. The summed E-state index contributed by atoms with van der Waals surface area (Å²) in [5.74, 6) is 1.59. The van der Waals surface area contributed by atoms with Gasteiger partial charge < -0.3 is 4.74 Å². The third-order valence-corrected chi connectivity index (χ3v) is 4.43. The van der Waals surface area contributed by atoms with Crippen molar-refractivity contribution in [3.8, 4) is 5.75 Å². The first-order valence-corrected chi connectivity index (χ1v) is 9.06. The minimum Gasteiger partial charge on any atom is -0.494 e. The number of nitrogens with one attached hydrogen (secondary N) is 1. The maximum atomic E-state index is 5.55. The first-order chi connectivity index (χ1) is 13.2. The summed E-state index contributed by atoms with van der Waals surface area (Å²) in [7, 11) is 0. The van der Waals surface area contributed by atoms with E-state index in [2.05, 4.69) is 41.7 Å². The molecule has 27 heavy (non-hydrogen) atoms. The third kappa shape index (κ3) is 3.60. The predicted octanol–water partition coefficient (Wildman–Crippen LogP) is 4.83. The molecule has 0 amide bonds. The minimum atomic E-state index is 0.651. The van der Waals surface area contributed by atoms with E-state index in [1.54, 1.807) is 0 Å². The van der Waals surface area contributed by atoms with Crippen molar-refractivity contribution in [1.29, 1.82) is 0 Å². The van der Waals surface area contributed by atoms with Gasteiger partial charge in [-0.15, -0.1) is 0 Å². The van der Waals surface area contributed by atoms with Crippen LogP contribution in [0.2, 0.25) is 0 Å². The maximum Gasteiger partial charge on any atom is 0.154 e. The topological polar surface area (TPSA) is 46.0 Å². The largest absolute Gasteiger partial charge is 0.494 e. The monoisotopic (exact) mass is 355 g/mol. The SMILES string of the molecule is CCOc1ccc(C2=NNC(c3ccc(C)cc3)=Nc3ccccc32)cc1. The van der Waals surface area contributed by atoms with E-state index in [0.717, 1.165) is 39.7 Å². The number of ether oxygens (including phenoxy) is 1. The zero-order valence-corrected chi connectivity index (χ0v) is 15.4. The van der Waals surface area contributed by atoms with Gasteiger partial charge in [0.05, 0.1) is 18.0 Å². The molecule has 1 aliphatic heterocycles. The van der Waals surface area contributed by atoms with E-state index in [9.17, 15) is 0 Å². The molecule has 0 spiro atoms. The van der Waals surface area contributed by atoms with Gasteiger partial charge in [0.25, 0.3) is 0 Å². The Morgan fingerprint density at radius 1 is 0.852 bits per heavy atom. The highest BCUT2D eigenvalue weighted by Crippen LogP contribution is 2.26. The molecule has 0 aliphatic carbocycles. The number of amidine groups is 1. The number of para-hydroxylation sites is 1. The predicted molar refractivity (Wildman–Crippen MR) is 110 cm³/mol. The molecule has 1 heterocycles. The van der Waals surface area contributed by atoms with Gasteiger partial charge in [0, 0.05) is 16.7 Å². The minimum absolute atomic E-state index is 0.651. The van der Waals surface area contributed by atoms with Gasteiger partial charge in [-0.05, 0) is 44.2 Å². The average molecular weight is 355 g/mol. The highest BCUT2D eigenvalue weighted by molar-refractivity contribution is 6.18. The lowest BCUT2D eigenvalue weighted by atomic mass is 10.0. The standard InChI is InChI=1S/C23H21N3O/c1-3-27-19-14-12-17(13-15-19)22-20-6-4-5-7-21(20)24-23(26-25-22)18-10-8-16(2)9-11-18/h4-15H,3H2,1-2H3,(H,24,26). The summed E-state index contributed by atoms with van der Waals surface area (Å²) in [6.07, 6.45) is 0. The zero-order valence-electron chi connectivity index (χ0n) is 15.4. The Hall–Kier alpha value is -3.40. The van der Waals surface area contributed by atoms with Crippen LogP contribution in [0.25, 0.3) is 0 Å². The number of hydrogen-bond acceptors (Lipinski definition) is 4. The molecule has 1 N–H and O–H groups in total. The number of nitrogens with zero attached hydrogens (tertiary/aromatic N) is 2. The number of hydrogen-bond donors (Lipinski definition) is 1. The molecule has 1 aliphatic rings. The molecule has 0 unspecified atom stereocenters. The summed E-state index contributed by atoms with van der Waals surface area (Å²) >= 11 is 0. The summed E-state index contributed by atoms with van der Waals surface area (Å²) in [6, 6.07) is 24.3. The molecule has 4 rings (SSSR count). The highest BCUT2D eigenvalue weighted by atomic mass is 16.5. The van der Waals surface area contributed by atoms with E-state index in [1.807, 2.05) is 55.5 Å². The van der Waals surface area contributed by atoms with Crippen LogP contribution in [0.1, 0.15) is 29.2 Å². The Morgan fingerprint density at radius 3 is 2.30 bits per heavy atom. The lowest BCUT2D eigenvalue weighted by molar-refractivity contribution is 0.340. The van der Waals surface area contributed by atoms with Gasteiger partial charge in [-0.3, -0.25) is 5.43 Å². The van der Waals surface area contributed by atoms with E-state index < -0.39 is 0 Å². The summed E-state index contributed by atoms with van der Waals surface area (Å²) in [4.78, 5) is 4.83. The Kier molecular flexibility index (Phi) is 4.71. The number of rotatable bonds is 4. The second-order valence-electron chi connectivity index (χ2n) is 6.37. The van der Waals surface area contributed by atoms with Crippen molar-refractivity contribution < 1.29 is 4.74 Å². The second kappa shape index (κ2) is 7.46. The Bertz CT molecular complexity index is 1000. The van der Waals surface area contributed by atoms with Crippen molar-refractivity contribution in [2.75, 3.05) is 6.61 Å². The molecule has 0 radical (unpaired) electrons. The number of aliphatic imine (C=N–C) groups is 1. The van der Waals surface area contributed by atoms with Crippen molar-refractivity contribution in [3.05, 3.63) is 95.1 Å². The summed E-state index contributed by atoms with van der Waals surface area (Å²) in [5.41, 5.74) is 9.14. The normalized spacial score (nSPS) is 13.0. The molecule has 0 saturated heterocycles. The molecule has 0 fully saturated rings. The Labute approximate surface area is 159 Å². The summed E-state index contributed by atoms with van der Waals surface area (Å²) < 4.78 is 5.55. The van der Waals surface area contributed by atoms with Crippen LogP contribution >= 0.6 is 0 Å². The van der Waals surface area contributed by atoms with Gasteiger partial charge >= 0.3 is 0 Å². The maximum absolute atomic E-state index is 5.55. The first-order valence-electron chi connectivity index (χ1n) is 9.06. The average Bonchev–Trinajstić information content (AvgIpc) is 2.89. The molecule has 4 heteroatoms. The molecule has 0 atom stereocenters. The molecule has 0 bridgehead atoms. The second-order valence-corrected chi connectivity index (χ2v) is 6.37. The molecule has 3 aromatic carbocycles. The van der Waals surface area contributed by atoms with Crippen molar-refractivity contribution >= 4 is 17.2 Å². The number of benzene rings is 3. The van der Waals surface area contributed by atoms with E-state index in [-0.39, 0.29) is 0 Å². The van der Waals surface area contributed by atoms with Crippen LogP contribution < -0.4 is 10.2 Å². The number of aryl methyl sites for hydroxylation is 1. The molecule has 0 aromatic heterocycles. The van der Waals surface area contributed by atoms with E-state index >= 15 is 0 Å². The third-order valence-electron chi connectivity index (χ3n) is 4.43. The Balaban J connectivity index is 1.76. The van der Waals surface area contributed by atoms with Gasteiger partial charge in [0.1, 0.15) is 5.75 Å². The fraction of sp³-hybridized carbons (Fsp3) is 0.130. The van der Waals surface area contributed by atoms with Crippen molar-refractivity contribution in [3.63, 3.8) is 0 Å². The lowest BCUT2D eigenvalue weighted by Gasteiger charge is -2.09. The van der Waals surface area contributed by atoms with Crippen LogP contribution in [0.4, 0.5) is 5.69 Å². The fourth-order valence-electron chi connectivity index (χ4n) is 3.02. The quantitative estimate of drug-likeness (QED) is 0.729. The van der Waals surface area contributed by atoms with Crippen molar-refractivity contribution in [2.45, 2.75) is 13.8 Å². The molecule has 0 saturated carbocycles. The van der Waals surface area contributed by atoms with E-state index in [1.165, 1.54) is 5.56 Å². The van der Waals surface area contributed by atoms with Crippen LogP contribution in [0, 0.1) is 6.92 Å². The fourth-order valence-corrected chi connectivity index (χ4v) is 3.02. The summed E-state index contributed by atoms with van der Waals surface area (Å²) in [5, 5.41) is 4.69. The molecule has 134 valence electrons. The van der Waals surface area contributed by atoms with Gasteiger partial charge in [-0.1, -0.05) is 48.0 Å². The summed E-state index contributed by atoms with van der Waals surface area (Å²) in [6.45, 7) is 4.70. The molecular weight excluding hydrogens is 334 g/mol. The van der Waals surface area contributed by atoms with Crippen molar-refractivity contribution in [1.82, 2.24) is 5.43 Å². The van der Waals surface area contributed by atoms with Crippen LogP contribution in [0.15, 0.2) is 82.9 Å². The smallest absolute Gasteiger partial charge is 0.154 e. The van der Waals surface area contributed by atoms with Crippen LogP contribution in [-0.2, 0) is 0 Å². The highest BCUT2D eigenvalue weighted by Gasteiger charge is 2.16. The van der Waals surface area contributed by atoms with Gasteiger partial charge in [-0.25, -0.2) is 4.99 Å². The van der Waals surface area contributed by atoms with E-state index in [0.29, 0.717) is 6.61 Å². The van der Waals surface area contributed by atoms with Gasteiger partial charge in [0.2, 0.25) is 0 Å². The van der Waals surface area contributed by atoms with Gasteiger partial charge in [0.15, 0.2) is 5.84 Å². The first kappa shape index (κ1) is 17.0. The van der Waals surface area contributed by atoms with Gasteiger partial charge in [-0.2, -0.15) is 5.10 Å².